The van der Waals surface area contributed by atoms with E-state index < -0.39 is 6.04 Å². The highest BCUT2D eigenvalue weighted by molar-refractivity contribution is 5.99. The molecule has 1 atom stereocenters. The Labute approximate surface area is 95.2 Å². The summed E-state index contributed by atoms with van der Waals surface area (Å²) in [6.45, 7) is 5.94. The summed E-state index contributed by atoms with van der Waals surface area (Å²) in [6.07, 6.45) is 0. The van der Waals surface area contributed by atoms with Crippen molar-refractivity contribution in [2.75, 3.05) is 0 Å². The molecule has 0 unspecified atom stereocenters. The molecule has 1 aromatic rings. The molecule has 1 aliphatic heterocycles. The first-order chi connectivity index (χ1) is 7.48. The number of ether oxygens (including phenoxy) is 1. The van der Waals surface area contributed by atoms with Crippen LogP contribution < -0.4 is 0 Å². The van der Waals surface area contributed by atoms with Crippen molar-refractivity contribution in [2.24, 2.45) is 10.4 Å². The van der Waals surface area contributed by atoms with E-state index in [4.69, 9.17) is 4.74 Å². The fourth-order valence-electron chi connectivity index (χ4n) is 1.54. The number of hydrogen-bond acceptors (Lipinski definition) is 3. The van der Waals surface area contributed by atoms with Gasteiger partial charge in [0, 0.05) is 5.41 Å². The molecule has 3 nitrogen and oxygen atoms in total. The van der Waals surface area contributed by atoms with Gasteiger partial charge in [-0.3, -0.25) is 0 Å². The Kier molecular flexibility index (Phi) is 2.54. The molecule has 2 rings (SSSR count). The first-order valence-corrected chi connectivity index (χ1v) is 5.33. The van der Waals surface area contributed by atoms with Crippen LogP contribution in [-0.4, -0.2) is 11.9 Å². The maximum absolute atomic E-state index is 11.7. The van der Waals surface area contributed by atoms with Gasteiger partial charge in [-0.25, -0.2) is 9.79 Å². The second-order valence-electron chi connectivity index (χ2n) is 4.92. The predicted octanol–water partition coefficient (Wildman–Crippen LogP) is 2.73. The van der Waals surface area contributed by atoms with Crippen LogP contribution >= 0.6 is 0 Å². The first kappa shape index (κ1) is 10.9. The molecule has 1 heterocycles. The average Bonchev–Trinajstić information content (AvgIpc) is 2.61. The molecule has 0 aliphatic carbocycles. The molecule has 0 fully saturated rings. The molecule has 0 bridgehead atoms. The molecular weight excluding hydrogens is 202 g/mol. The number of carbonyl (C=O) groups is 1. The van der Waals surface area contributed by atoms with E-state index in [1.165, 1.54) is 0 Å². The lowest BCUT2D eigenvalue weighted by Crippen LogP contribution is -2.21. The lowest BCUT2D eigenvalue weighted by Gasteiger charge is -2.15. The maximum atomic E-state index is 11.7. The Bertz CT molecular complexity index is 429. The molecule has 0 aromatic heterocycles. The standard InChI is InChI=1S/C13H15NO2/c1-13(2,3)12-14-10(11(15)16-12)9-7-5-4-6-8-9/h4-8,10H,1-3H3/t10-/m1/s1. The van der Waals surface area contributed by atoms with Gasteiger partial charge in [-0.05, 0) is 5.56 Å². The molecule has 1 aliphatic rings. The van der Waals surface area contributed by atoms with Crippen molar-refractivity contribution in [1.29, 1.82) is 0 Å². The van der Waals surface area contributed by atoms with Gasteiger partial charge in [0.25, 0.3) is 0 Å². The van der Waals surface area contributed by atoms with E-state index >= 15 is 0 Å². The topological polar surface area (TPSA) is 38.7 Å². The second kappa shape index (κ2) is 3.74. The molecule has 0 radical (unpaired) electrons. The van der Waals surface area contributed by atoms with Gasteiger partial charge < -0.3 is 4.74 Å². The normalized spacial score (nSPS) is 20.6. The summed E-state index contributed by atoms with van der Waals surface area (Å²) in [5.41, 5.74) is 0.658. The van der Waals surface area contributed by atoms with Gasteiger partial charge in [-0.15, -0.1) is 0 Å². The van der Waals surface area contributed by atoms with E-state index in [2.05, 4.69) is 4.99 Å². The molecular formula is C13H15NO2. The highest BCUT2D eigenvalue weighted by atomic mass is 16.6. The van der Waals surface area contributed by atoms with Crippen molar-refractivity contribution in [3.8, 4) is 0 Å². The van der Waals surface area contributed by atoms with Gasteiger partial charge in [-0.1, -0.05) is 51.1 Å². The maximum Gasteiger partial charge on any atom is 0.342 e. The third-order valence-corrected chi connectivity index (χ3v) is 2.42. The van der Waals surface area contributed by atoms with Gasteiger partial charge in [-0.2, -0.15) is 0 Å². The van der Waals surface area contributed by atoms with Crippen molar-refractivity contribution in [3.05, 3.63) is 35.9 Å². The van der Waals surface area contributed by atoms with Crippen LogP contribution in [0.5, 0.6) is 0 Å². The number of carbonyl (C=O) groups excluding carboxylic acids is 1. The molecule has 0 saturated heterocycles. The van der Waals surface area contributed by atoms with Crippen LogP contribution in [0.2, 0.25) is 0 Å². The van der Waals surface area contributed by atoms with Crippen LogP contribution in [0.3, 0.4) is 0 Å². The second-order valence-corrected chi connectivity index (χ2v) is 4.92. The number of benzene rings is 1. The lowest BCUT2D eigenvalue weighted by atomic mass is 9.97. The summed E-state index contributed by atoms with van der Waals surface area (Å²) in [5.74, 6) is 0.238. The van der Waals surface area contributed by atoms with Crippen molar-refractivity contribution in [3.63, 3.8) is 0 Å². The molecule has 0 saturated carbocycles. The first-order valence-electron chi connectivity index (χ1n) is 5.33. The zero-order chi connectivity index (χ0) is 11.8. The van der Waals surface area contributed by atoms with Crippen molar-refractivity contribution >= 4 is 11.9 Å². The van der Waals surface area contributed by atoms with Crippen molar-refractivity contribution in [1.82, 2.24) is 0 Å². The zero-order valence-corrected chi connectivity index (χ0v) is 9.73. The molecule has 0 amide bonds. The predicted molar refractivity (Wildman–Crippen MR) is 62.2 cm³/mol. The van der Waals surface area contributed by atoms with Crippen LogP contribution in [0.4, 0.5) is 0 Å². The molecule has 16 heavy (non-hydrogen) atoms. The fraction of sp³-hybridized carbons (Fsp3) is 0.385. The number of rotatable bonds is 1. The number of esters is 1. The van der Waals surface area contributed by atoms with Gasteiger partial charge in [0.2, 0.25) is 0 Å². The van der Waals surface area contributed by atoms with E-state index in [0.717, 1.165) is 5.56 Å². The van der Waals surface area contributed by atoms with Crippen molar-refractivity contribution in [2.45, 2.75) is 26.8 Å². The highest BCUT2D eigenvalue weighted by Gasteiger charge is 2.35. The minimum atomic E-state index is -0.490. The van der Waals surface area contributed by atoms with Gasteiger partial charge in [0.05, 0.1) is 0 Å². The summed E-state index contributed by atoms with van der Waals surface area (Å²) >= 11 is 0. The molecule has 84 valence electrons. The lowest BCUT2D eigenvalue weighted by molar-refractivity contribution is -0.135. The Morgan fingerprint density at radius 1 is 1.19 bits per heavy atom. The SMILES string of the molecule is CC(C)(C)C1=N[C@H](c2ccccc2)C(=O)O1. The Morgan fingerprint density at radius 2 is 1.81 bits per heavy atom. The third kappa shape index (κ3) is 1.98. The van der Waals surface area contributed by atoms with Crippen LogP contribution in [-0.2, 0) is 9.53 Å². The van der Waals surface area contributed by atoms with Gasteiger partial charge in [0.1, 0.15) is 0 Å². The minimum absolute atomic E-state index is 0.223. The Morgan fingerprint density at radius 3 is 2.31 bits per heavy atom. The Balaban J connectivity index is 2.31. The number of cyclic esters (lactones) is 1. The van der Waals surface area contributed by atoms with E-state index in [1.807, 2.05) is 51.1 Å². The smallest absolute Gasteiger partial charge is 0.342 e. The summed E-state index contributed by atoms with van der Waals surface area (Å²) in [5, 5.41) is 0. The fourth-order valence-corrected chi connectivity index (χ4v) is 1.54. The molecule has 3 heteroatoms. The quantitative estimate of drug-likeness (QED) is 0.678. The van der Waals surface area contributed by atoms with Gasteiger partial charge >= 0.3 is 5.97 Å². The summed E-state index contributed by atoms with van der Waals surface area (Å²) in [4.78, 5) is 16.1. The van der Waals surface area contributed by atoms with E-state index in [1.54, 1.807) is 0 Å². The van der Waals surface area contributed by atoms with Gasteiger partial charge in [0.15, 0.2) is 11.9 Å². The third-order valence-electron chi connectivity index (χ3n) is 2.42. The monoisotopic (exact) mass is 217 g/mol. The molecule has 1 aromatic carbocycles. The van der Waals surface area contributed by atoms with Crippen molar-refractivity contribution < 1.29 is 9.53 Å². The molecule has 0 N–H and O–H groups in total. The van der Waals surface area contributed by atoms with E-state index in [-0.39, 0.29) is 11.4 Å². The number of hydrogen-bond donors (Lipinski definition) is 0. The van der Waals surface area contributed by atoms with E-state index in [0.29, 0.717) is 5.90 Å². The minimum Gasteiger partial charge on any atom is -0.409 e. The van der Waals surface area contributed by atoms with E-state index in [9.17, 15) is 4.79 Å². The Hall–Kier alpha value is -1.64. The molecule has 0 spiro atoms. The summed E-state index contributed by atoms with van der Waals surface area (Å²) in [7, 11) is 0. The highest BCUT2D eigenvalue weighted by Crippen LogP contribution is 2.30. The largest absolute Gasteiger partial charge is 0.409 e. The summed E-state index contributed by atoms with van der Waals surface area (Å²) in [6, 6.07) is 9.00. The van der Waals surface area contributed by atoms with Crippen LogP contribution in [0, 0.1) is 5.41 Å². The zero-order valence-electron chi connectivity index (χ0n) is 9.73. The van der Waals surface area contributed by atoms with Crippen LogP contribution in [0.1, 0.15) is 32.4 Å². The summed E-state index contributed by atoms with van der Waals surface area (Å²) < 4.78 is 5.20. The van der Waals surface area contributed by atoms with Crippen LogP contribution in [0.25, 0.3) is 0 Å². The number of nitrogens with zero attached hydrogens (tertiary/aromatic N) is 1. The number of aliphatic imine (C=N–C) groups is 1. The average molecular weight is 217 g/mol. The van der Waals surface area contributed by atoms with Crippen LogP contribution in [0.15, 0.2) is 35.3 Å².